The highest BCUT2D eigenvalue weighted by Crippen LogP contribution is 2.31. The molecule has 4 rings (SSSR count). The van der Waals surface area contributed by atoms with Gasteiger partial charge >= 0.3 is 0 Å². The molecule has 140 valence electrons. The highest BCUT2D eigenvalue weighted by Gasteiger charge is 2.26. The molecule has 1 aliphatic rings. The molecule has 0 fully saturated rings. The molecule has 0 unspecified atom stereocenters. The van der Waals surface area contributed by atoms with Crippen molar-refractivity contribution in [1.29, 1.82) is 0 Å². The Kier molecular flexibility index (Phi) is 4.83. The monoisotopic (exact) mass is 375 g/mol. The van der Waals surface area contributed by atoms with Crippen LogP contribution >= 0.6 is 0 Å². The van der Waals surface area contributed by atoms with E-state index in [9.17, 15) is 9.59 Å². The number of nitrogens with zero attached hydrogens (tertiary/aromatic N) is 4. The predicted octanol–water partition coefficient (Wildman–Crippen LogP) is 1.75. The first kappa shape index (κ1) is 17.5. The van der Waals surface area contributed by atoms with Crippen molar-refractivity contribution in [3.05, 3.63) is 72.6 Å². The molecule has 1 aliphatic heterocycles. The molecule has 2 aromatic carbocycles. The molecule has 0 saturated heterocycles. The maximum Gasteiger partial charge on any atom is 0.265 e. The SMILES string of the molecule is O=C(CN1C(=O)COc2ccccc21)N/N=C\c1cnn(-c2ccccc2)c1. The van der Waals surface area contributed by atoms with Gasteiger partial charge in [-0.15, -0.1) is 0 Å². The van der Waals surface area contributed by atoms with Crippen LogP contribution in [0.1, 0.15) is 5.56 Å². The lowest BCUT2D eigenvalue weighted by Crippen LogP contribution is -2.44. The van der Waals surface area contributed by atoms with E-state index in [1.807, 2.05) is 36.4 Å². The number of ether oxygens (including phenoxy) is 1. The number of nitrogens with one attached hydrogen (secondary N) is 1. The van der Waals surface area contributed by atoms with Gasteiger partial charge in [-0.2, -0.15) is 10.2 Å². The van der Waals surface area contributed by atoms with Crippen LogP contribution in [0.4, 0.5) is 5.69 Å². The Labute approximate surface area is 161 Å². The van der Waals surface area contributed by atoms with Gasteiger partial charge in [0.25, 0.3) is 11.8 Å². The summed E-state index contributed by atoms with van der Waals surface area (Å²) in [4.78, 5) is 25.7. The van der Waals surface area contributed by atoms with Crippen LogP contribution in [0.25, 0.3) is 5.69 Å². The second kappa shape index (κ2) is 7.75. The third kappa shape index (κ3) is 3.75. The van der Waals surface area contributed by atoms with Gasteiger partial charge in [-0.25, -0.2) is 10.1 Å². The normalized spacial score (nSPS) is 13.3. The summed E-state index contributed by atoms with van der Waals surface area (Å²) in [5.74, 6) is -0.106. The van der Waals surface area contributed by atoms with E-state index in [2.05, 4.69) is 15.6 Å². The average molecular weight is 375 g/mol. The van der Waals surface area contributed by atoms with Gasteiger partial charge in [0.05, 0.1) is 23.8 Å². The Bertz CT molecular complexity index is 1030. The van der Waals surface area contributed by atoms with Crippen molar-refractivity contribution in [1.82, 2.24) is 15.2 Å². The van der Waals surface area contributed by atoms with Crippen molar-refractivity contribution >= 4 is 23.7 Å². The summed E-state index contributed by atoms with van der Waals surface area (Å²) in [6.45, 7) is -0.230. The summed E-state index contributed by atoms with van der Waals surface area (Å²) in [6, 6.07) is 16.8. The summed E-state index contributed by atoms with van der Waals surface area (Å²) in [5.41, 5.74) is 4.67. The number of carbonyl (C=O) groups excluding carboxylic acids is 2. The lowest BCUT2D eigenvalue weighted by molar-refractivity contribution is -0.125. The van der Waals surface area contributed by atoms with Gasteiger partial charge in [-0.1, -0.05) is 30.3 Å². The zero-order valence-electron chi connectivity index (χ0n) is 14.9. The van der Waals surface area contributed by atoms with Crippen LogP contribution in [0, 0.1) is 0 Å². The first-order chi connectivity index (χ1) is 13.7. The van der Waals surface area contributed by atoms with Crippen LogP contribution in [0.3, 0.4) is 0 Å². The lowest BCUT2D eigenvalue weighted by atomic mass is 10.2. The number of hydrogen-bond acceptors (Lipinski definition) is 5. The molecule has 28 heavy (non-hydrogen) atoms. The Morgan fingerprint density at radius 1 is 1.18 bits per heavy atom. The number of benzene rings is 2. The zero-order chi connectivity index (χ0) is 19.3. The predicted molar refractivity (Wildman–Crippen MR) is 104 cm³/mol. The zero-order valence-corrected chi connectivity index (χ0v) is 14.9. The van der Waals surface area contributed by atoms with Gasteiger partial charge in [0.2, 0.25) is 0 Å². The van der Waals surface area contributed by atoms with Crippen LogP contribution in [0.5, 0.6) is 5.75 Å². The molecular formula is C20H17N5O3. The highest BCUT2D eigenvalue weighted by molar-refractivity contribution is 6.02. The lowest BCUT2D eigenvalue weighted by Gasteiger charge is -2.28. The molecule has 0 radical (unpaired) electrons. The van der Waals surface area contributed by atoms with E-state index in [1.165, 1.54) is 11.1 Å². The summed E-state index contributed by atoms with van der Waals surface area (Å²) in [5, 5.41) is 8.21. The number of rotatable bonds is 5. The Morgan fingerprint density at radius 3 is 2.82 bits per heavy atom. The van der Waals surface area contributed by atoms with E-state index in [1.54, 1.807) is 35.3 Å². The number of amides is 2. The molecule has 0 saturated carbocycles. The standard InChI is InChI=1S/C20H17N5O3/c26-19(13-24-17-8-4-5-9-18(17)28-14-20(24)27)23-21-10-15-11-22-25(12-15)16-6-2-1-3-7-16/h1-12H,13-14H2,(H,23,26)/b21-10-. The van der Waals surface area contributed by atoms with E-state index in [0.717, 1.165) is 11.3 Å². The number of fused-ring (bicyclic) bond motifs is 1. The molecule has 3 aromatic rings. The number of hydrogen-bond donors (Lipinski definition) is 1. The summed E-state index contributed by atoms with van der Waals surface area (Å²) in [6.07, 6.45) is 4.94. The molecule has 0 spiro atoms. The van der Waals surface area contributed by atoms with E-state index < -0.39 is 5.91 Å². The minimum absolute atomic E-state index is 0.0910. The quantitative estimate of drug-likeness (QED) is 0.544. The molecule has 8 heteroatoms. The van der Waals surface area contributed by atoms with E-state index in [-0.39, 0.29) is 19.1 Å². The highest BCUT2D eigenvalue weighted by atomic mass is 16.5. The maximum absolute atomic E-state index is 12.2. The van der Waals surface area contributed by atoms with Crippen LogP contribution < -0.4 is 15.1 Å². The second-order valence-electron chi connectivity index (χ2n) is 6.08. The van der Waals surface area contributed by atoms with E-state index in [4.69, 9.17) is 4.74 Å². The van der Waals surface area contributed by atoms with Gasteiger partial charge in [0.1, 0.15) is 12.3 Å². The molecule has 2 amide bonds. The van der Waals surface area contributed by atoms with Crippen molar-refractivity contribution in [2.45, 2.75) is 0 Å². The Hall–Kier alpha value is -3.94. The molecular weight excluding hydrogens is 358 g/mol. The van der Waals surface area contributed by atoms with Gasteiger partial charge in [-0.05, 0) is 24.3 Å². The molecule has 1 aromatic heterocycles. The number of hydrazone groups is 1. The van der Waals surface area contributed by atoms with Gasteiger partial charge < -0.3 is 4.74 Å². The molecule has 0 bridgehead atoms. The van der Waals surface area contributed by atoms with Crippen molar-refractivity contribution in [2.75, 3.05) is 18.1 Å². The number of carbonyl (C=O) groups is 2. The first-order valence-corrected chi connectivity index (χ1v) is 8.65. The Balaban J connectivity index is 1.37. The van der Waals surface area contributed by atoms with Crippen LogP contribution in [0.15, 0.2) is 72.1 Å². The van der Waals surface area contributed by atoms with Crippen LogP contribution in [-0.4, -0.2) is 41.0 Å². The maximum atomic E-state index is 12.2. The molecule has 0 aliphatic carbocycles. The third-order valence-corrected chi connectivity index (χ3v) is 4.14. The number of anilines is 1. The summed E-state index contributed by atoms with van der Waals surface area (Å²) >= 11 is 0. The molecule has 0 atom stereocenters. The first-order valence-electron chi connectivity index (χ1n) is 8.65. The fourth-order valence-electron chi connectivity index (χ4n) is 2.81. The van der Waals surface area contributed by atoms with Crippen molar-refractivity contribution in [3.8, 4) is 11.4 Å². The number of aromatic nitrogens is 2. The molecule has 1 N–H and O–H groups in total. The average Bonchev–Trinajstić information content (AvgIpc) is 3.20. The fourth-order valence-corrected chi connectivity index (χ4v) is 2.81. The van der Waals surface area contributed by atoms with Gasteiger partial charge in [0.15, 0.2) is 6.61 Å². The van der Waals surface area contributed by atoms with Crippen molar-refractivity contribution < 1.29 is 14.3 Å². The van der Waals surface area contributed by atoms with Gasteiger partial charge in [0, 0.05) is 11.8 Å². The molecule has 8 nitrogen and oxygen atoms in total. The minimum Gasteiger partial charge on any atom is -0.482 e. The summed E-state index contributed by atoms with van der Waals surface area (Å²) < 4.78 is 7.08. The third-order valence-electron chi connectivity index (χ3n) is 4.14. The van der Waals surface area contributed by atoms with Crippen molar-refractivity contribution in [3.63, 3.8) is 0 Å². The Morgan fingerprint density at radius 2 is 1.96 bits per heavy atom. The van der Waals surface area contributed by atoms with E-state index >= 15 is 0 Å². The van der Waals surface area contributed by atoms with Crippen LogP contribution in [0.2, 0.25) is 0 Å². The second-order valence-corrected chi connectivity index (χ2v) is 6.08. The van der Waals surface area contributed by atoms with Crippen LogP contribution in [-0.2, 0) is 9.59 Å². The molecule has 2 heterocycles. The smallest absolute Gasteiger partial charge is 0.265 e. The largest absolute Gasteiger partial charge is 0.482 e. The van der Waals surface area contributed by atoms with E-state index in [0.29, 0.717) is 11.4 Å². The fraction of sp³-hybridized carbons (Fsp3) is 0.100. The topological polar surface area (TPSA) is 88.8 Å². The number of para-hydroxylation sites is 3. The van der Waals surface area contributed by atoms with Gasteiger partial charge in [-0.3, -0.25) is 14.5 Å². The minimum atomic E-state index is -0.406. The van der Waals surface area contributed by atoms with Crippen molar-refractivity contribution in [2.24, 2.45) is 5.10 Å². The summed E-state index contributed by atoms with van der Waals surface area (Å²) in [7, 11) is 0.